The predicted molar refractivity (Wildman–Crippen MR) is 218 cm³/mol. The molecule has 9 rings (SSSR count). The first-order valence-corrected chi connectivity index (χ1v) is 23.3. The van der Waals surface area contributed by atoms with Gasteiger partial charge in [-0.05, 0) is 97.8 Å². The van der Waals surface area contributed by atoms with Gasteiger partial charge < -0.3 is 58.0 Å². The fourth-order valence-corrected chi connectivity index (χ4v) is 12.5. The van der Waals surface area contributed by atoms with Crippen molar-refractivity contribution >= 4 is 11.8 Å². The Kier molecular flexibility index (Phi) is 11.6. The Hall–Kier alpha value is -1.82. The van der Waals surface area contributed by atoms with Crippen LogP contribution >= 0.6 is 0 Å². The lowest BCUT2D eigenvalue weighted by Crippen LogP contribution is -2.59. The Labute approximate surface area is 360 Å². The van der Waals surface area contributed by atoms with Crippen LogP contribution < -0.4 is 0 Å². The van der Waals surface area contributed by atoms with E-state index in [1.54, 1.807) is 13.8 Å². The molecular formula is C47H70O14. The third kappa shape index (κ3) is 8.14. The minimum Gasteiger partial charge on any atom is -0.459 e. The monoisotopic (exact) mass is 858 g/mol. The van der Waals surface area contributed by atoms with E-state index in [9.17, 15) is 24.9 Å². The molecule has 9 aliphatic rings. The lowest BCUT2D eigenvalue weighted by Gasteiger charge is -2.47. The van der Waals surface area contributed by atoms with Crippen LogP contribution in [-0.2, 0) is 52.2 Å². The number of fused-ring (bicyclic) bond motifs is 10. The van der Waals surface area contributed by atoms with Crippen LogP contribution in [0.5, 0.6) is 0 Å². The molecule has 8 saturated heterocycles. The average Bonchev–Trinajstić information content (AvgIpc) is 4.02. The van der Waals surface area contributed by atoms with Gasteiger partial charge >= 0.3 is 5.97 Å². The van der Waals surface area contributed by atoms with Crippen LogP contribution in [0, 0.1) is 17.8 Å². The van der Waals surface area contributed by atoms with Gasteiger partial charge in [0.05, 0.1) is 42.0 Å². The van der Waals surface area contributed by atoms with Crippen molar-refractivity contribution in [3.8, 4) is 0 Å². The number of hydrogen-bond donors (Lipinski definition) is 3. The van der Waals surface area contributed by atoms with E-state index in [-0.39, 0.29) is 43.2 Å². The van der Waals surface area contributed by atoms with E-state index < -0.39 is 101 Å². The standard InChI is InChI=1S/C47H70O14/c1-26-10-11-32-34(22-37(54-32)47(52)39(49)28(3)14-20-53-47)55-41(51)29(4)31-9-8-15-45(56-31)17-12-33(57-45)40(50)44(7)24-30(48)38(60-44)35-25-43(6)18-19-46(58-35,61-43)36-13-16-42(5,59-36)23-27(2)21-26/h10-11,21,27-29,31-40,49-50,52H,8-9,12-20,22-25H2,1-7H3/b11-10+,26-21+/t27-,28+,29+,31-,32+,33-,34+,35+,36+,37-,38-,39+,40-,42+,43-,44+,45-,46-,47+/m1/s1. The number of ether oxygens (including phenoxy) is 9. The molecule has 0 aromatic heterocycles. The molecular weight excluding hydrogens is 789 g/mol. The third-order valence-corrected chi connectivity index (χ3v) is 15.9. The van der Waals surface area contributed by atoms with E-state index in [0.717, 1.165) is 37.7 Å². The fraction of sp³-hybridized carbons (Fsp3) is 0.872. The first-order chi connectivity index (χ1) is 28.7. The summed E-state index contributed by atoms with van der Waals surface area (Å²) in [4.78, 5) is 28.0. The number of esters is 1. The van der Waals surface area contributed by atoms with Crippen LogP contribution in [0.25, 0.3) is 0 Å². The molecule has 3 N–H and O–H groups in total. The Bertz CT molecular complexity index is 1750. The van der Waals surface area contributed by atoms with Crippen molar-refractivity contribution in [2.75, 3.05) is 6.61 Å². The Morgan fingerprint density at radius 1 is 0.754 bits per heavy atom. The van der Waals surface area contributed by atoms with Gasteiger partial charge in [0.15, 0.2) is 17.4 Å². The lowest BCUT2D eigenvalue weighted by molar-refractivity contribution is -0.359. The van der Waals surface area contributed by atoms with Gasteiger partial charge in [-0.3, -0.25) is 9.59 Å². The molecule has 0 aliphatic carbocycles. The zero-order chi connectivity index (χ0) is 43.3. The Morgan fingerprint density at radius 2 is 1.54 bits per heavy atom. The second-order valence-electron chi connectivity index (χ2n) is 21.3. The van der Waals surface area contributed by atoms with E-state index in [1.807, 2.05) is 26.0 Å². The van der Waals surface area contributed by atoms with E-state index in [1.165, 1.54) is 0 Å². The number of carbonyl (C=O) groups excluding carboxylic acids is 2. The second kappa shape index (κ2) is 16.0. The molecule has 61 heavy (non-hydrogen) atoms. The summed E-state index contributed by atoms with van der Waals surface area (Å²) in [5.74, 6) is -5.28. The summed E-state index contributed by atoms with van der Waals surface area (Å²) in [5, 5.41) is 34.8. The van der Waals surface area contributed by atoms with Crippen LogP contribution in [0.1, 0.15) is 138 Å². The molecule has 10 bridgehead atoms. The van der Waals surface area contributed by atoms with Crippen LogP contribution in [0.15, 0.2) is 23.8 Å². The summed E-state index contributed by atoms with van der Waals surface area (Å²) in [6.45, 7) is 14.1. The number of aliphatic hydroxyl groups is 3. The molecule has 14 nitrogen and oxygen atoms in total. The SMILES string of the molecule is CC1=C\[C@@H](C)C[C@]2(C)CC[C@H](O2)[C@]23CC[C@](C)(C[C@H](O2)[C@@H]2O[C@@](C)(CC2=O)[C@H](O)[C@H]2CC[C@@]4(CCC[C@@H](O4)[C@H](C)C(=O)O[C@H]4C[C@H]([C@]5(O)OCC[C@H](C)[C@@H]5O)O[C@H]4\C=C\1)O2)O3. The maximum atomic E-state index is 14.1. The maximum Gasteiger partial charge on any atom is 0.311 e. The summed E-state index contributed by atoms with van der Waals surface area (Å²) >= 11 is 0. The van der Waals surface area contributed by atoms with Crippen molar-refractivity contribution in [1.82, 2.24) is 0 Å². The molecule has 19 atom stereocenters. The lowest BCUT2D eigenvalue weighted by atomic mass is 9.87. The van der Waals surface area contributed by atoms with Gasteiger partial charge in [0.1, 0.15) is 48.3 Å². The molecule has 0 unspecified atom stereocenters. The van der Waals surface area contributed by atoms with Gasteiger partial charge in [0.25, 0.3) is 0 Å². The van der Waals surface area contributed by atoms with E-state index in [0.29, 0.717) is 44.9 Å². The summed E-state index contributed by atoms with van der Waals surface area (Å²) < 4.78 is 59.0. The van der Waals surface area contributed by atoms with Gasteiger partial charge in [-0.25, -0.2) is 0 Å². The van der Waals surface area contributed by atoms with Crippen LogP contribution in [-0.4, -0.2) is 129 Å². The minimum absolute atomic E-state index is 0.0222. The quantitative estimate of drug-likeness (QED) is 0.291. The van der Waals surface area contributed by atoms with Crippen molar-refractivity contribution in [3.05, 3.63) is 23.8 Å². The fourth-order valence-electron chi connectivity index (χ4n) is 12.5. The van der Waals surface area contributed by atoms with E-state index in [4.69, 9.17) is 42.6 Å². The van der Waals surface area contributed by atoms with Crippen molar-refractivity contribution in [1.29, 1.82) is 0 Å². The van der Waals surface area contributed by atoms with Gasteiger partial charge in [0, 0.05) is 38.5 Å². The average molecular weight is 859 g/mol. The minimum atomic E-state index is -1.95. The number of ketones is 1. The van der Waals surface area contributed by atoms with Crippen molar-refractivity contribution < 1.29 is 67.5 Å². The normalized spacial score (nSPS) is 55.7. The van der Waals surface area contributed by atoms with Gasteiger partial charge in [-0.15, -0.1) is 0 Å². The zero-order valence-electron chi connectivity index (χ0n) is 37.2. The highest BCUT2D eigenvalue weighted by atomic mass is 16.8. The third-order valence-electron chi connectivity index (χ3n) is 15.9. The topological polar surface area (TPSA) is 178 Å². The second-order valence-corrected chi connectivity index (χ2v) is 21.3. The van der Waals surface area contributed by atoms with Crippen LogP contribution in [0.2, 0.25) is 0 Å². The predicted octanol–water partition coefficient (Wildman–Crippen LogP) is 5.25. The van der Waals surface area contributed by atoms with Crippen LogP contribution in [0.4, 0.5) is 0 Å². The molecule has 0 aromatic rings. The van der Waals surface area contributed by atoms with Crippen molar-refractivity contribution in [3.63, 3.8) is 0 Å². The number of aliphatic hydroxyl groups excluding tert-OH is 2. The van der Waals surface area contributed by atoms with Gasteiger partial charge in [-0.1, -0.05) is 37.6 Å². The Balaban J connectivity index is 1.00. The zero-order valence-corrected chi connectivity index (χ0v) is 37.2. The Morgan fingerprint density at radius 3 is 2.34 bits per heavy atom. The summed E-state index contributed by atoms with van der Waals surface area (Å²) in [6.07, 6.45) is 6.36. The van der Waals surface area contributed by atoms with Gasteiger partial charge in [-0.2, -0.15) is 0 Å². The molecule has 2 spiro atoms. The highest BCUT2D eigenvalue weighted by Gasteiger charge is 2.65. The maximum absolute atomic E-state index is 14.1. The molecule has 0 radical (unpaired) electrons. The molecule has 9 aliphatic heterocycles. The van der Waals surface area contributed by atoms with Crippen molar-refractivity contribution in [2.45, 2.75) is 234 Å². The van der Waals surface area contributed by atoms with Crippen LogP contribution in [0.3, 0.4) is 0 Å². The number of allylic oxidation sites excluding steroid dienone is 3. The molecule has 8 fully saturated rings. The molecule has 14 heteroatoms. The molecule has 342 valence electrons. The van der Waals surface area contributed by atoms with Crippen molar-refractivity contribution in [2.24, 2.45) is 17.8 Å². The summed E-state index contributed by atoms with van der Waals surface area (Å²) in [6, 6.07) is 0. The number of Topliss-reactive ketones (excluding diaryl/α,β-unsaturated/α-hetero) is 1. The molecule has 0 aromatic carbocycles. The summed E-state index contributed by atoms with van der Waals surface area (Å²) in [7, 11) is 0. The molecule has 0 saturated carbocycles. The largest absolute Gasteiger partial charge is 0.459 e. The first-order valence-electron chi connectivity index (χ1n) is 23.3. The number of carbonyl (C=O) groups is 2. The number of hydrogen-bond acceptors (Lipinski definition) is 14. The molecule has 0 amide bonds. The van der Waals surface area contributed by atoms with Gasteiger partial charge in [0.2, 0.25) is 5.79 Å². The highest BCUT2D eigenvalue weighted by molar-refractivity contribution is 5.86. The smallest absolute Gasteiger partial charge is 0.311 e. The first kappa shape index (κ1) is 44.4. The highest BCUT2D eigenvalue weighted by Crippen LogP contribution is 2.55. The summed E-state index contributed by atoms with van der Waals surface area (Å²) in [5.41, 5.74) is -1.17. The molecule has 9 heterocycles. The van der Waals surface area contributed by atoms with E-state index >= 15 is 0 Å². The number of rotatable bonds is 1. The van der Waals surface area contributed by atoms with E-state index in [2.05, 4.69) is 26.8 Å².